The lowest BCUT2D eigenvalue weighted by Gasteiger charge is -2.28. The fourth-order valence-electron chi connectivity index (χ4n) is 3.63. The fourth-order valence-corrected chi connectivity index (χ4v) is 6.49. The zero-order valence-corrected chi connectivity index (χ0v) is 17.9. The van der Waals surface area contributed by atoms with Crippen molar-refractivity contribution in [2.45, 2.75) is 32.4 Å². The van der Waals surface area contributed by atoms with Gasteiger partial charge in [-0.25, -0.2) is 0 Å². The van der Waals surface area contributed by atoms with Crippen LogP contribution in [-0.4, -0.2) is 13.0 Å². The molecule has 2 aliphatic rings. The zero-order chi connectivity index (χ0) is 17.7. The highest BCUT2D eigenvalue weighted by atomic mass is 79.9. The third-order valence-corrected chi connectivity index (χ3v) is 7.07. The van der Waals surface area contributed by atoms with E-state index < -0.39 is 0 Å². The van der Waals surface area contributed by atoms with Crippen molar-refractivity contribution in [1.82, 2.24) is 5.32 Å². The molecule has 2 heterocycles. The number of nitrogens with one attached hydrogen (secondary N) is 2. The van der Waals surface area contributed by atoms with Gasteiger partial charge in [0.05, 0.1) is 17.1 Å². The Morgan fingerprint density at radius 2 is 2.08 bits per heavy atom. The van der Waals surface area contributed by atoms with Crippen molar-refractivity contribution in [3.05, 3.63) is 42.6 Å². The molecule has 0 unspecified atom stereocenters. The number of methoxy groups -OCH3 is 1. The lowest BCUT2D eigenvalue weighted by Crippen LogP contribution is -2.38. The number of carbonyl (C=O) groups is 1. The summed E-state index contributed by atoms with van der Waals surface area (Å²) in [6.45, 7) is 2.28. The van der Waals surface area contributed by atoms with Gasteiger partial charge >= 0.3 is 0 Å². The number of ether oxygens (including phenoxy) is 1. The van der Waals surface area contributed by atoms with Gasteiger partial charge in [-0.05, 0) is 58.8 Å². The van der Waals surface area contributed by atoms with Gasteiger partial charge in [-0.15, -0.1) is 11.3 Å². The molecule has 2 N–H and O–H groups in total. The van der Waals surface area contributed by atoms with E-state index in [9.17, 15) is 4.79 Å². The van der Waals surface area contributed by atoms with Gasteiger partial charge in [-0.2, -0.15) is 0 Å². The summed E-state index contributed by atoms with van der Waals surface area (Å²) in [5.41, 5.74) is 2.97. The number of benzene rings is 1. The number of amides is 1. The molecule has 25 heavy (non-hydrogen) atoms. The predicted octanol–water partition coefficient (Wildman–Crippen LogP) is 5.26. The highest BCUT2D eigenvalue weighted by Crippen LogP contribution is 2.44. The number of hydrogen-bond acceptors (Lipinski definition) is 4. The summed E-state index contributed by atoms with van der Waals surface area (Å²) in [7, 11) is 1.64. The summed E-state index contributed by atoms with van der Waals surface area (Å²) >= 11 is 8.78. The van der Waals surface area contributed by atoms with Crippen LogP contribution in [0, 0.1) is 5.92 Å². The summed E-state index contributed by atoms with van der Waals surface area (Å²) in [6, 6.07) is 3.91. The molecule has 0 spiro atoms. The molecule has 1 aliphatic carbocycles. The van der Waals surface area contributed by atoms with Crippen LogP contribution >= 0.6 is 43.2 Å². The van der Waals surface area contributed by atoms with Crippen molar-refractivity contribution in [1.29, 1.82) is 0 Å². The Bertz CT molecular complexity index is 865. The number of thiophene rings is 1. The normalized spacial score (nSPS) is 21.8. The molecular weight excluding hydrogens is 468 g/mol. The molecule has 1 amide bonds. The van der Waals surface area contributed by atoms with Crippen molar-refractivity contribution < 1.29 is 9.53 Å². The second-order valence-electron chi connectivity index (χ2n) is 6.62. The van der Waals surface area contributed by atoms with E-state index in [0.29, 0.717) is 5.92 Å². The van der Waals surface area contributed by atoms with E-state index in [1.807, 2.05) is 12.1 Å². The molecule has 0 bridgehead atoms. The second-order valence-corrected chi connectivity index (χ2v) is 9.49. The largest absolute Gasteiger partial charge is 0.495 e. The number of halogens is 2. The molecule has 4 rings (SSSR count). The van der Waals surface area contributed by atoms with Gasteiger partial charge in [0.2, 0.25) is 0 Å². The summed E-state index contributed by atoms with van der Waals surface area (Å²) in [6.07, 6.45) is 2.90. The summed E-state index contributed by atoms with van der Waals surface area (Å²) in [5.74, 6) is 1.41. The molecule has 0 saturated carbocycles. The van der Waals surface area contributed by atoms with E-state index >= 15 is 0 Å². The lowest BCUT2D eigenvalue weighted by atomic mass is 9.88. The molecule has 0 saturated heterocycles. The Hall–Kier alpha value is -1.05. The molecule has 4 nitrogen and oxygen atoms in total. The van der Waals surface area contributed by atoms with Crippen LogP contribution in [-0.2, 0) is 12.8 Å². The van der Waals surface area contributed by atoms with Crippen molar-refractivity contribution in [3.8, 4) is 5.75 Å². The quantitative estimate of drug-likeness (QED) is 0.609. The Morgan fingerprint density at radius 1 is 1.28 bits per heavy atom. The topological polar surface area (TPSA) is 50.4 Å². The Morgan fingerprint density at radius 3 is 2.84 bits per heavy atom. The van der Waals surface area contributed by atoms with E-state index in [0.717, 1.165) is 50.1 Å². The Balaban J connectivity index is 1.75. The first-order chi connectivity index (χ1) is 12.0. The maximum Gasteiger partial charge on any atom is 0.256 e. The van der Waals surface area contributed by atoms with E-state index in [4.69, 9.17) is 4.74 Å². The van der Waals surface area contributed by atoms with Gasteiger partial charge < -0.3 is 15.4 Å². The predicted molar refractivity (Wildman–Crippen MR) is 108 cm³/mol. The molecule has 2 aromatic rings. The first-order valence-electron chi connectivity index (χ1n) is 8.22. The van der Waals surface area contributed by atoms with E-state index in [1.54, 1.807) is 18.4 Å². The van der Waals surface area contributed by atoms with E-state index in [2.05, 4.69) is 49.4 Å². The summed E-state index contributed by atoms with van der Waals surface area (Å²) in [5, 5.41) is 7.59. The Labute approximate surface area is 167 Å². The maximum atomic E-state index is 12.8. The number of carbonyl (C=O) groups excluding carboxylic acids is 1. The molecule has 0 radical (unpaired) electrons. The first kappa shape index (κ1) is 17.4. The van der Waals surface area contributed by atoms with Crippen molar-refractivity contribution >= 4 is 54.1 Å². The highest BCUT2D eigenvalue weighted by Gasteiger charge is 2.34. The first-order valence-corrected chi connectivity index (χ1v) is 10.6. The van der Waals surface area contributed by atoms with Crippen molar-refractivity contribution in [2.24, 2.45) is 5.92 Å². The van der Waals surface area contributed by atoms with Crippen molar-refractivity contribution in [2.75, 3.05) is 12.4 Å². The minimum Gasteiger partial charge on any atom is -0.495 e. The average Bonchev–Trinajstić information content (AvgIpc) is 2.91. The molecule has 132 valence electrons. The van der Waals surface area contributed by atoms with Gasteiger partial charge in [0.15, 0.2) is 0 Å². The molecule has 2 atom stereocenters. The van der Waals surface area contributed by atoms with Gasteiger partial charge in [0.25, 0.3) is 5.91 Å². The molecule has 0 fully saturated rings. The van der Waals surface area contributed by atoms with Gasteiger partial charge in [-0.1, -0.05) is 22.9 Å². The molecule has 1 aromatic heterocycles. The van der Waals surface area contributed by atoms with Crippen LogP contribution < -0.4 is 15.4 Å². The third kappa shape index (κ3) is 3.00. The number of rotatable bonds is 2. The SMILES string of the molecule is COc1c(Br)cc(Br)cc1[C@@H]1NC(=O)c2c(sc3c2CC[C@H](C)C3)N1. The monoisotopic (exact) mass is 484 g/mol. The second kappa shape index (κ2) is 6.59. The maximum absolute atomic E-state index is 12.8. The lowest BCUT2D eigenvalue weighted by molar-refractivity contribution is 0.0934. The number of anilines is 1. The minimum absolute atomic E-state index is 0.00366. The molecule has 1 aromatic carbocycles. The smallest absolute Gasteiger partial charge is 0.256 e. The van der Waals surface area contributed by atoms with Gasteiger partial charge in [0, 0.05) is 14.9 Å². The van der Waals surface area contributed by atoms with Crippen LogP contribution in [0.4, 0.5) is 5.00 Å². The van der Waals surface area contributed by atoms with Crippen LogP contribution in [0.25, 0.3) is 0 Å². The van der Waals surface area contributed by atoms with E-state index in [-0.39, 0.29) is 12.1 Å². The van der Waals surface area contributed by atoms with Gasteiger partial charge in [0.1, 0.15) is 16.9 Å². The Kier molecular flexibility index (Phi) is 4.58. The van der Waals surface area contributed by atoms with Crippen LogP contribution in [0.3, 0.4) is 0 Å². The zero-order valence-electron chi connectivity index (χ0n) is 13.9. The van der Waals surface area contributed by atoms with Crippen molar-refractivity contribution in [3.63, 3.8) is 0 Å². The average molecular weight is 486 g/mol. The number of fused-ring (bicyclic) bond motifs is 3. The molecule has 1 aliphatic heterocycles. The van der Waals surface area contributed by atoms with E-state index in [1.165, 1.54) is 10.4 Å². The molecule has 7 heteroatoms. The van der Waals surface area contributed by atoms with Gasteiger partial charge in [-0.3, -0.25) is 4.79 Å². The van der Waals surface area contributed by atoms with Crippen LogP contribution in [0.2, 0.25) is 0 Å². The van der Waals surface area contributed by atoms with Crippen LogP contribution in [0.15, 0.2) is 21.1 Å². The van der Waals surface area contributed by atoms with Crippen LogP contribution in [0.5, 0.6) is 5.75 Å². The fraction of sp³-hybridized carbons (Fsp3) is 0.389. The summed E-state index contributed by atoms with van der Waals surface area (Å²) in [4.78, 5) is 14.2. The summed E-state index contributed by atoms with van der Waals surface area (Å²) < 4.78 is 7.32. The third-order valence-electron chi connectivity index (χ3n) is 4.84. The minimum atomic E-state index is -0.318. The number of hydrogen-bond donors (Lipinski definition) is 2. The van der Waals surface area contributed by atoms with Crippen LogP contribution in [0.1, 0.15) is 45.9 Å². The standard InChI is InChI=1S/C18H18Br2N2O2S/c1-8-3-4-10-13(5-8)25-18-14(10)17(23)21-16(22-18)11-6-9(19)7-12(20)15(11)24-2/h6-8,16,22H,3-5H2,1-2H3,(H,21,23)/t8-,16+/m0/s1. The highest BCUT2D eigenvalue weighted by molar-refractivity contribution is 9.11. The molecular formula is C18H18Br2N2O2S.